The first kappa shape index (κ1) is 20.2. The van der Waals surface area contributed by atoms with E-state index in [4.69, 9.17) is 0 Å². The number of anilines is 2. The van der Waals surface area contributed by atoms with Gasteiger partial charge >= 0.3 is 0 Å². The largest absolute Gasteiger partial charge is 0.376 e. The maximum atomic E-state index is 12.8. The summed E-state index contributed by atoms with van der Waals surface area (Å²) >= 11 is 0. The van der Waals surface area contributed by atoms with E-state index in [9.17, 15) is 9.59 Å². The van der Waals surface area contributed by atoms with E-state index in [0.29, 0.717) is 17.8 Å². The number of H-pyrrole nitrogens is 1. The maximum Gasteiger partial charge on any atom is 0.253 e. The fraction of sp³-hybridized carbons (Fsp3) is 0.120. The summed E-state index contributed by atoms with van der Waals surface area (Å²) in [5.74, 6) is -0.465. The molecule has 0 atom stereocenters. The molecule has 0 aliphatic carbocycles. The van der Waals surface area contributed by atoms with Crippen molar-refractivity contribution in [2.75, 3.05) is 17.2 Å². The van der Waals surface area contributed by atoms with Crippen molar-refractivity contribution in [2.45, 2.75) is 13.5 Å². The van der Waals surface area contributed by atoms with Crippen LogP contribution in [-0.4, -0.2) is 23.3 Å². The highest BCUT2D eigenvalue weighted by Gasteiger charge is 2.13. The standard InChI is InChI=1S/C25H24N4O2/c1-17-9-11-19(12-10-17)27-16-24(30)29-23-7-3-2-6-21(23)25(31)28-15-18-5-4-8-22-20(18)13-14-26-22/h2-14,26-27H,15-16H2,1H3,(H,28,31)(H,29,30). The molecule has 156 valence electrons. The Kier molecular flexibility index (Phi) is 5.98. The third kappa shape index (κ3) is 4.93. The van der Waals surface area contributed by atoms with Crippen LogP contribution in [0.1, 0.15) is 21.5 Å². The van der Waals surface area contributed by atoms with Gasteiger partial charge in [-0.2, -0.15) is 0 Å². The van der Waals surface area contributed by atoms with Gasteiger partial charge in [-0.15, -0.1) is 0 Å². The topological polar surface area (TPSA) is 86.0 Å². The minimum atomic E-state index is -0.241. The molecule has 2 amide bonds. The van der Waals surface area contributed by atoms with Crippen LogP contribution in [0.15, 0.2) is 79.0 Å². The fourth-order valence-electron chi connectivity index (χ4n) is 3.41. The number of nitrogens with one attached hydrogen (secondary N) is 4. The van der Waals surface area contributed by atoms with Gasteiger partial charge in [-0.05, 0) is 48.9 Å². The van der Waals surface area contributed by atoms with Crippen LogP contribution in [0.25, 0.3) is 10.9 Å². The molecule has 0 bridgehead atoms. The van der Waals surface area contributed by atoms with Crippen molar-refractivity contribution in [2.24, 2.45) is 0 Å². The van der Waals surface area contributed by atoms with Crippen molar-refractivity contribution < 1.29 is 9.59 Å². The van der Waals surface area contributed by atoms with Crippen LogP contribution in [0.2, 0.25) is 0 Å². The number of hydrogen-bond acceptors (Lipinski definition) is 3. The molecule has 0 spiro atoms. The second-order valence-electron chi connectivity index (χ2n) is 7.35. The second-order valence-corrected chi connectivity index (χ2v) is 7.35. The number of para-hydroxylation sites is 1. The molecule has 0 saturated heterocycles. The summed E-state index contributed by atoms with van der Waals surface area (Å²) in [5, 5.41) is 9.95. The van der Waals surface area contributed by atoms with Crippen LogP contribution in [0.4, 0.5) is 11.4 Å². The molecule has 0 fully saturated rings. The summed E-state index contributed by atoms with van der Waals surface area (Å²) in [4.78, 5) is 28.4. The Labute approximate surface area is 180 Å². The number of aryl methyl sites for hydroxylation is 1. The SMILES string of the molecule is Cc1ccc(NCC(=O)Nc2ccccc2C(=O)NCc2cccc3[nH]ccc23)cc1. The van der Waals surface area contributed by atoms with Gasteiger partial charge in [0.2, 0.25) is 5.91 Å². The predicted octanol–water partition coefficient (Wildman–Crippen LogP) is 4.46. The highest BCUT2D eigenvalue weighted by molar-refractivity contribution is 6.04. The number of carbonyl (C=O) groups is 2. The molecule has 0 radical (unpaired) electrons. The van der Waals surface area contributed by atoms with Gasteiger partial charge in [0.1, 0.15) is 0 Å². The minimum absolute atomic E-state index is 0.106. The number of benzene rings is 3. The van der Waals surface area contributed by atoms with Crippen LogP contribution in [-0.2, 0) is 11.3 Å². The molecule has 4 aromatic rings. The zero-order chi connectivity index (χ0) is 21.6. The lowest BCUT2D eigenvalue weighted by Crippen LogP contribution is -2.26. The van der Waals surface area contributed by atoms with E-state index in [2.05, 4.69) is 20.9 Å². The lowest BCUT2D eigenvalue weighted by atomic mass is 10.1. The highest BCUT2D eigenvalue weighted by Crippen LogP contribution is 2.19. The molecular formula is C25H24N4O2. The van der Waals surface area contributed by atoms with Gasteiger partial charge in [0.25, 0.3) is 5.91 Å². The van der Waals surface area contributed by atoms with Crippen LogP contribution in [0, 0.1) is 6.92 Å². The molecule has 4 N–H and O–H groups in total. The molecule has 0 saturated carbocycles. The Morgan fingerprint density at radius 1 is 0.903 bits per heavy atom. The lowest BCUT2D eigenvalue weighted by molar-refractivity contribution is -0.114. The smallest absolute Gasteiger partial charge is 0.253 e. The van der Waals surface area contributed by atoms with Crippen molar-refractivity contribution in [3.05, 3.63) is 95.7 Å². The van der Waals surface area contributed by atoms with Gasteiger partial charge in [-0.1, -0.05) is 42.0 Å². The lowest BCUT2D eigenvalue weighted by Gasteiger charge is -2.13. The zero-order valence-electron chi connectivity index (χ0n) is 17.2. The number of aromatic amines is 1. The summed E-state index contributed by atoms with van der Waals surface area (Å²) in [6.07, 6.45) is 1.88. The molecule has 0 aliphatic rings. The van der Waals surface area contributed by atoms with Crippen molar-refractivity contribution >= 4 is 34.1 Å². The Morgan fingerprint density at radius 3 is 2.55 bits per heavy atom. The quantitative estimate of drug-likeness (QED) is 0.362. The summed E-state index contributed by atoms with van der Waals surface area (Å²) in [6.45, 7) is 2.51. The maximum absolute atomic E-state index is 12.8. The molecule has 4 rings (SSSR count). The Balaban J connectivity index is 1.39. The van der Waals surface area contributed by atoms with E-state index < -0.39 is 0 Å². The zero-order valence-corrected chi connectivity index (χ0v) is 17.2. The first-order chi connectivity index (χ1) is 15.1. The number of aromatic nitrogens is 1. The summed E-state index contributed by atoms with van der Waals surface area (Å²) in [5.41, 5.74) is 4.98. The van der Waals surface area contributed by atoms with Gasteiger partial charge < -0.3 is 20.9 Å². The van der Waals surface area contributed by atoms with E-state index in [1.54, 1.807) is 24.3 Å². The molecule has 1 heterocycles. The van der Waals surface area contributed by atoms with Crippen LogP contribution in [0.5, 0.6) is 0 Å². The third-order valence-electron chi connectivity index (χ3n) is 5.08. The summed E-state index contributed by atoms with van der Waals surface area (Å²) < 4.78 is 0. The number of carbonyl (C=O) groups excluding carboxylic acids is 2. The van der Waals surface area contributed by atoms with Crippen LogP contribution >= 0.6 is 0 Å². The Hall–Kier alpha value is -4.06. The average Bonchev–Trinajstić information content (AvgIpc) is 3.27. The highest BCUT2D eigenvalue weighted by atomic mass is 16.2. The van der Waals surface area contributed by atoms with Crippen molar-refractivity contribution in [3.8, 4) is 0 Å². The Bertz CT molecular complexity index is 1210. The van der Waals surface area contributed by atoms with E-state index in [0.717, 1.165) is 27.7 Å². The average molecular weight is 412 g/mol. The van der Waals surface area contributed by atoms with Crippen LogP contribution in [0.3, 0.4) is 0 Å². The molecular weight excluding hydrogens is 388 g/mol. The number of rotatable bonds is 7. The van der Waals surface area contributed by atoms with Crippen molar-refractivity contribution in [3.63, 3.8) is 0 Å². The first-order valence-electron chi connectivity index (χ1n) is 10.1. The van der Waals surface area contributed by atoms with Gasteiger partial charge in [0, 0.05) is 29.3 Å². The van der Waals surface area contributed by atoms with Crippen LogP contribution < -0.4 is 16.0 Å². The molecule has 0 unspecified atom stereocenters. The first-order valence-corrected chi connectivity index (χ1v) is 10.1. The Morgan fingerprint density at radius 2 is 1.71 bits per heavy atom. The van der Waals surface area contributed by atoms with Gasteiger partial charge in [-0.25, -0.2) is 0 Å². The van der Waals surface area contributed by atoms with Crippen molar-refractivity contribution in [1.82, 2.24) is 10.3 Å². The summed E-state index contributed by atoms with van der Waals surface area (Å²) in [7, 11) is 0. The number of amides is 2. The summed E-state index contributed by atoms with van der Waals surface area (Å²) in [6, 6.07) is 22.7. The molecule has 31 heavy (non-hydrogen) atoms. The van der Waals surface area contributed by atoms with Gasteiger partial charge in [-0.3, -0.25) is 9.59 Å². The molecule has 3 aromatic carbocycles. The monoisotopic (exact) mass is 412 g/mol. The minimum Gasteiger partial charge on any atom is -0.376 e. The fourth-order valence-corrected chi connectivity index (χ4v) is 3.41. The van der Waals surface area contributed by atoms with E-state index in [-0.39, 0.29) is 18.4 Å². The van der Waals surface area contributed by atoms with Gasteiger partial charge in [0.15, 0.2) is 0 Å². The van der Waals surface area contributed by atoms with Gasteiger partial charge in [0.05, 0.1) is 17.8 Å². The van der Waals surface area contributed by atoms with E-state index in [1.807, 2.05) is 61.7 Å². The van der Waals surface area contributed by atoms with E-state index in [1.165, 1.54) is 0 Å². The number of fused-ring (bicyclic) bond motifs is 1. The number of hydrogen-bond donors (Lipinski definition) is 4. The predicted molar refractivity (Wildman–Crippen MR) is 124 cm³/mol. The molecule has 6 nitrogen and oxygen atoms in total. The second kappa shape index (κ2) is 9.17. The molecule has 1 aromatic heterocycles. The van der Waals surface area contributed by atoms with Crippen molar-refractivity contribution in [1.29, 1.82) is 0 Å². The normalized spacial score (nSPS) is 10.6. The molecule has 0 aliphatic heterocycles. The molecule has 6 heteroatoms. The van der Waals surface area contributed by atoms with E-state index >= 15 is 0 Å². The third-order valence-corrected chi connectivity index (χ3v) is 5.08.